The van der Waals surface area contributed by atoms with E-state index in [0.29, 0.717) is 12.1 Å². The summed E-state index contributed by atoms with van der Waals surface area (Å²) < 4.78 is 5.18. The van der Waals surface area contributed by atoms with Crippen molar-refractivity contribution in [3.05, 3.63) is 35.4 Å². The zero-order valence-electron chi connectivity index (χ0n) is 20.4. The van der Waals surface area contributed by atoms with E-state index in [0.717, 1.165) is 24.8 Å². The second-order valence-electron chi connectivity index (χ2n) is 8.95. The number of amides is 3. The molecule has 0 fully saturated rings. The van der Waals surface area contributed by atoms with Crippen molar-refractivity contribution >= 4 is 17.9 Å². The summed E-state index contributed by atoms with van der Waals surface area (Å²) in [5.41, 5.74) is 0.755. The van der Waals surface area contributed by atoms with E-state index in [4.69, 9.17) is 4.74 Å². The van der Waals surface area contributed by atoms with Crippen LogP contribution in [0.1, 0.15) is 64.1 Å². The minimum Gasteiger partial charge on any atom is -0.444 e. The fourth-order valence-electron chi connectivity index (χ4n) is 3.21. The van der Waals surface area contributed by atoms with Crippen LogP contribution >= 0.6 is 0 Å². The molecule has 9 nitrogen and oxygen atoms in total. The van der Waals surface area contributed by atoms with Crippen LogP contribution < -0.4 is 10.6 Å². The van der Waals surface area contributed by atoms with Crippen molar-refractivity contribution in [1.29, 1.82) is 0 Å². The molecule has 3 amide bonds. The lowest BCUT2D eigenvalue weighted by Gasteiger charge is -2.33. The molecule has 0 spiro atoms. The van der Waals surface area contributed by atoms with Crippen molar-refractivity contribution < 1.29 is 29.3 Å². The summed E-state index contributed by atoms with van der Waals surface area (Å²) in [6, 6.07) is 4.78. The zero-order valence-corrected chi connectivity index (χ0v) is 20.4. The molecule has 0 aromatic heterocycles. The maximum Gasteiger partial charge on any atom is 0.408 e. The number of ether oxygens (including phenoxy) is 1. The number of hydrogen-bond donors (Lipinski definition) is 4. The highest BCUT2D eigenvalue weighted by atomic mass is 16.6. The Morgan fingerprint density at radius 3 is 2.24 bits per heavy atom. The Morgan fingerprint density at radius 1 is 1.09 bits per heavy atom. The molecule has 186 valence electrons. The van der Waals surface area contributed by atoms with Crippen molar-refractivity contribution in [2.45, 2.75) is 71.6 Å². The SMILES string of the molecule is CCCCCNC(=O)C(c1ccc(C)cc1)N(CCO)C(=O)C(CO)NC(=O)OC(C)(C)C. The van der Waals surface area contributed by atoms with Gasteiger partial charge in [0.2, 0.25) is 11.8 Å². The standard InChI is InChI=1S/C24H39N3O6/c1-6-7-8-13-25-21(30)20(18-11-9-17(2)10-12-18)27(14-15-28)22(31)19(16-29)26-23(32)33-24(3,4)5/h9-12,19-20,28-29H,6-8,13-16H2,1-5H3,(H,25,30)(H,26,32). The summed E-state index contributed by atoms with van der Waals surface area (Å²) in [7, 11) is 0. The Bertz CT molecular complexity index is 760. The van der Waals surface area contributed by atoms with Crippen LogP contribution in [0.2, 0.25) is 0 Å². The average molecular weight is 466 g/mol. The number of carbonyl (C=O) groups excluding carboxylic acids is 3. The number of aliphatic hydroxyl groups excluding tert-OH is 2. The van der Waals surface area contributed by atoms with E-state index < -0.39 is 48.8 Å². The summed E-state index contributed by atoms with van der Waals surface area (Å²) >= 11 is 0. The molecule has 0 bridgehead atoms. The Balaban J connectivity index is 3.21. The minimum absolute atomic E-state index is 0.160. The van der Waals surface area contributed by atoms with Crippen LogP contribution in [0, 0.1) is 6.92 Å². The number of nitrogens with one attached hydrogen (secondary N) is 2. The van der Waals surface area contributed by atoms with Gasteiger partial charge in [-0.1, -0.05) is 49.6 Å². The van der Waals surface area contributed by atoms with Crippen LogP contribution in [-0.2, 0) is 14.3 Å². The normalized spacial score (nSPS) is 13.1. The van der Waals surface area contributed by atoms with Crippen LogP contribution in [0.4, 0.5) is 4.79 Å². The van der Waals surface area contributed by atoms with Gasteiger partial charge < -0.3 is 30.5 Å². The first-order valence-electron chi connectivity index (χ1n) is 11.4. The lowest BCUT2D eigenvalue weighted by Crippen LogP contribution is -2.55. The first-order chi connectivity index (χ1) is 15.5. The molecule has 0 radical (unpaired) electrons. The smallest absolute Gasteiger partial charge is 0.408 e. The summed E-state index contributed by atoms with van der Waals surface area (Å²) in [6.45, 7) is 8.20. The lowest BCUT2D eigenvalue weighted by atomic mass is 10.0. The molecule has 1 aromatic carbocycles. The highest BCUT2D eigenvalue weighted by Crippen LogP contribution is 2.23. The van der Waals surface area contributed by atoms with Crippen LogP contribution in [-0.4, -0.2) is 71.0 Å². The van der Waals surface area contributed by atoms with Crippen molar-refractivity contribution in [1.82, 2.24) is 15.5 Å². The summed E-state index contributed by atoms with van der Waals surface area (Å²) in [4.78, 5) is 39.9. The highest BCUT2D eigenvalue weighted by Gasteiger charge is 2.35. The first kappa shape index (κ1) is 28.4. The molecule has 0 saturated heterocycles. The van der Waals surface area contributed by atoms with Gasteiger partial charge in [0.05, 0.1) is 13.2 Å². The molecule has 2 unspecified atom stereocenters. The van der Waals surface area contributed by atoms with E-state index in [9.17, 15) is 24.6 Å². The van der Waals surface area contributed by atoms with E-state index in [-0.39, 0.29) is 6.54 Å². The highest BCUT2D eigenvalue weighted by molar-refractivity contribution is 5.92. The Kier molecular flexibility index (Phi) is 11.9. The molecule has 9 heteroatoms. The number of unbranched alkanes of at least 4 members (excludes halogenated alkanes) is 2. The van der Waals surface area contributed by atoms with Gasteiger partial charge in [-0.2, -0.15) is 0 Å². The van der Waals surface area contributed by atoms with Gasteiger partial charge in [-0.25, -0.2) is 4.79 Å². The predicted octanol–water partition coefficient (Wildman–Crippen LogP) is 2.05. The van der Waals surface area contributed by atoms with E-state index in [2.05, 4.69) is 17.6 Å². The van der Waals surface area contributed by atoms with Gasteiger partial charge in [0.15, 0.2) is 0 Å². The number of hydrogen-bond acceptors (Lipinski definition) is 6. The Morgan fingerprint density at radius 2 is 1.73 bits per heavy atom. The van der Waals surface area contributed by atoms with E-state index in [1.807, 2.05) is 19.1 Å². The number of benzene rings is 1. The Labute approximate surface area is 196 Å². The van der Waals surface area contributed by atoms with Crippen molar-refractivity contribution in [2.75, 3.05) is 26.3 Å². The van der Waals surface area contributed by atoms with Gasteiger partial charge in [-0.05, 0) is 39.7 Å². The third-order valence-electron chi connectivity index (χ3n) is 4.83. The summed E-state index contributed by atoms with van der Waals surface area (Å²) in [5, 5.41) is 24.7. The molecule has 2 atom stereocenters. The molecule has 0 aliphatic heterocycles. The monoisotopic (exact) mass is 465 g/mol. The maximum atomic E-state index is 13.3. The fraction of sp³-hybridized carbons (Fsp3) is 0.625. The summed E-state index contributed by atoms with van der Waals surface area (Å²) in [5.74, 6) is -1.10. The van der Waals surface area contributed by atoms with Gasteiger partial charge in [-0.15, -0.1) is 0 Å². The maximum absolute atomic E-state index is 13.3. The fourth-order valence-corrected chi connectivity index (χ4v) is 3.21. The number of aryl methyl sites for hydroxylation is 1. The van der Waals surface area contributed by atoms with E-state index in [1.165, 1.54) is 4.90 Å². The van der Waals surface area contributed by atoms with Gasteiger partial charge in [0.25, 0.3) is 0 Å². The predicted molar refractivity (Wildman–Crippen MR) is 125 cm³/mol. The summed E-state index contributed by atoms with van der Waals surface area (Å²) in [6.07, 6.45) is 1.90. The van der Waals surface area contributed by atoms with Gasteiger partial charge in [0, 0.05) is 13.1 Å². The number of rotatable bonds is 12. The Hall–Kier alpha value is -2.65. The number of nitrogens with zero attached hydrogens (tertiary/aromatic N) is 1. The molecular formula is C24H39N3O6. The van der Waals surface area contributed by atoms with Crippen LogP contribution in [0.15, 0.2) is 24.3 Å². The zero-order chi connectivity index (χ0) is 25.0. The molecule has 0 heterocycles. The van der Waals surface area contributed by atoms with Gasteiger partial charge in [0.1, 0.15) is 17.7 Å². The van der Waals surface area contributed by atoms with Crippen LogP contribution in [0.3, 0.4) is 0 Å². The third kappa shape index (κ3) is 9.79. The van der Waals surface area contributed by atoms with Crippen LogP contribution in [0.25, 0.3) is 0 Å². The van der Waals surface area contributed by atoms with Crippen molar-refractivity contribution in [3.8, 4) is 0 Å². The number of carbonyl (C=O) groups is 3. The number of aliphatic hydroxyl groups is 2. The molecule has 4 N–H and O–H groups in total. The lowest BCUT2D eigenvalue weighted by molar-refractivity contribution is -0.143. The van der Waals surface area contributed by atoms with Gasteiger partial charge in [-0.3, -0.25) is 9.59 Å². The average Bonchev–Trinajstić information content (AvgIpc) is 2.74. The second-order valence-corrected chi connectivity index (χ2v) is 8.95. The quantitative estimate of drug-likeness (QED) is 0.350. The molecular weight excluding hydrogens is 426 g/mol. The number of alkyl carbamates (subject to hydrolysis) is 1. The molecule has 0 aliphatic rings. The first-order valence-corrected chi connectivity index (χ1v) is 11.4. The van der Waals surface area contributed by atoms with Crippen LogP contribution in [0.5, 0.6) is 0 Å². The van der Waals surface area contributed by atoms with Crippen molar-refractivity contribution in [3.63, 3.8) is 0 Å². The van der Waals surface area contributed by atoms with E-state index >= 15 is 0 Å². The molecule has 1 rings (SSSR count). The molecule has 33 heavy (non-hydrogen) atoms. The van der Waals surface area contributed by atoms with E-state index in [1.54, 1.807) is 32.9 Å². The second kappa shape index (κ2) is 13.8. The largest absolute Gasteiger partial charge is 0.444 e. The van der Waals surface area contributed by atoms with Gasteiger partial charge >= 0.3 is 6.09 Å². The molecule has 1 aromatic rings. The molecule has 0 saturated carbocycles. The topological polar surface area (TPSA) is 128 Å². The molecule has 0 aliphatic carbocycles. The third-order valence-corrected chi connectivity index (χ3v) is 4.83. The minimum atomic E-state index is -1.34. The van der Waals surface area contributed by atoms with Crippen molar-refractivity contribution in [2.24, 2.45) is 0 Å².